The topological polar surface area (TPSA) is 15.6 Å². The first-order chi connectivity index (χ1) is 16.8. The second-order valence-electron chi connectivity index (χ2n) is 9.07. The molecule has 4 aromatic carbocycles. The van der Waals surface area contributed by atoms with Gasteiger partial charge in [0.15, 0.2) is 0 Å². The van der Waals surface area contributed by atoms with Gasteiger partial charge in [0.2, 0.25) is 0 Å². The lowest BCUT2D eigenvalue weighted by Crippen LogP contribution is -2.42. The van der Waals surface area contributed by atoms with Crippen LogP contribution in [0.1, 0.15) is 48.9 Å². The van der Waals surface area contributed by atoms with Crippen LogP contribution in [0.25, 0.3) is 0 Å². The van der Waals surface area contributed by atoms with Crippen molar-refractivity contribution >= 4 is 17.1 Å². The highest BCUT2D eigenvalue weighted by atomic mass is 15.2. The average Bonchev–Trinajstić information content (AvgIpc) is 2.90. The van der Waals surface area contributed by atoms with Crippen LogP contribution in [-0.2, 0) is 6.54 Å². The highest BCUT2D eigenvalue weighted by Crippen LogP contribution is 2.45. The molecule has 0 aliphatic carbocycles. The predicted molar refractivity (Wildman–Crippen MR) is 144 cm³/mol. The fourth-order valence-electron chi connectivity index (χ4n) is 5.19. The number of benzene rings is 4. The lowest BCUT2D eigenvalue weighted by Gasteiger charge is -2.45. The van der Waals surface area contributed by atoms with Gasteiger partial charge in [0, 0.05) is 23.7 Å². The maximum Gasteiger partial charge on any atom is 0.0633 e. The summed E-state index contributed by atoms with van der Waals surface area (Å²) in [4.78, 5) is 7.92. The van der Waals surface area contributed by atoms with Gasteiger partial charge < -0.3 is 4.90 Å². The number of rotatable bonds is 7. The molecule has 0 fully saturated rings. The van der Waals surface area contributed by atoms with Crippen LogP contribution in [0, 0.1) is 5.92 Å². The van der Waals surface area contributed by atoms with Gasteiger partial charge in [-0.1, -0.05) is 117 Å². The first-order valence-electron chi connectivity index (χ1n) is 12.4. The van der Waals surface area contributed by atoms with Gasteiger partial charge in [-0.05, 0) is 35.7 Å². The van der Waals surface area contributed by atoms with Crippen molar-refractivity contribution in [1.82, 2.24) is 0 Å². The van der Waals surface area contributed by atoms with Gasteiger partial charge in [0.25, 0.3) is 0 Å². The number of aliphatic imine (C=N–C) groups is 1. The van der Waals surface area contributed by atoms with E-state index in [9.17, 15) is 0 Å². The van der Waals surface area contributed by atoms with E-state index < -0.39 is 0 Å². The van der Waals surface area contributed by atoms with Crippen LogP contribution in [0.2, 0.25) is 0 Å². The Morgan fingerprint density at radius 3 is 2.03 bits per heavy atom. The summed E-state index contributed by atoms with van der Waals surface area (Å²) in [6.45, 7) is 3.16. The number of hydrogen-bond acceptors (Lipinski definition) is 2. The van der Waals surface area contributed by atoms with E-state index in [4.69, 9.17) is 4.99 Å². The molecule has 0 N–H and O–H groups in total. The van der Waals surface area contributed by atoms with Crippen molar-refractivity contribution in [3.8, 4) is 0 Å². The van der Waals surface area contributed by atoms with E-state index in [1.807, 2.05) is 0 Å². The summed E-state index contributed by atoms with van der Waals surface area (Å²) in [7, 11) is 0. The normalized spacial score (nSPS) is 18.6. The van der Waals surface area contributed by atoms with Crippen molar-refractivity contribution < 1.29 is 0 Å². The van der Waals surface area contributed by atoms with Crippen molar-refractivity contribution in [1.29, 1.82) is 0 Å². The quantitative estimate of drug-likeness (QED) is 0.279. The molecular formula is C32H32N2. The first-order valence-corrected chi connectivity index (χ1v) is 12.4. The van der Waals surface area contributed by atoms with E-state index in [0.29, 0.717) is 5.92 Å². The Morgan fingerprint density at radius 2 is 1.32 bits per heavy atom. The average molecular weight is 445 g/mol. The summed E-state index contributed by atoms with van der Waals surface area (Å²) in [5.74, 6) is 0.307. The molecule has 0 bridgehead atoms. The number of anilines is 1. The summed E-state index contributed by atoms with van der Waals surface area (Å²) >= 11 is 0. The van der Waals surface area contributed by atoms with E-state index in [1.54, 1.807) is 0 Å². The molecule has 0 saturated carbocycles. The lowest BCUT2D eigenvalue weighted by atomic mass is 9.77. The van der Waals surface area contributed by atoms with E-state index in [2.05, 4.69) is 127 Å². The van der Waals surface area contributed by atoms with Gasteiger partial charge in [0.1, 0.15) is 0 Å². The van der Waals surface area contributed by atoms with Gasteiger partial charge in [0.05, 0.1) is 17.4 Å². The molecule has 2 atom stereocenters. The third-order valence-corrected chi connectivity index (χ3v) is 6.77. The summed E-state index contributed by atoms with van der Waals surface area (Å²) < 4.78 is 0. The Hall–Kier alpha value is -3.65. The lowest BCUT2D eigenvalue weighted by molar-refractivity contribution is 0.449. The van der Waals surface area contributed by atoms with E-state index >= 15 is 0 Å². The summed E-state index contributed by atoms with van der Waals surface area (Å²) in [5.41, 5.74) is 7.45. The van der Waals surface area contributed by atoms with Crippen molar-refractivity contribution in [2.24, 2.45) is 10.9 Å². The zero-order valence-corrected chi connectivity index (χ0v) is 19.8. The number of hydrogen-bond donors (Lipinski definition) is 0. The molecular weight excluding hydrogens is 412 g/mol. The van der Waals surface area contributed by atoms with Crippen LogP contribution >= 0.6 is 0 Å². The number of nitrogens with zero attached hydrogens (tertiary/aromatic N) is 2. The largest absolute Gasteiger partial charge is 0.359 e. The zero-order chi connectivity index (χ0) is 23.2. The number of unbranched alkanes of at least 4 members (excludes halogenated alkanes) is 1. The molecule has 4 aromatic rings. The molecule has 0 saturated heterocycles. The molecule has 2 nitrogen and oxygen atoms in total. The third-order valence-electron chi connectivity index (χ3n) is 6.77. The molecule has 1 heterocycles. The molecule has 170 valence electrons. The fourth-order valence-corrected chi connectivity index (χ4v) is 5.19. The standard InChI is InChI=1S/C32H32N2/c1-2-3-21-29-31(33-27-19-11-6-12-20-27)28-22-13-14-23-30(28)34(24-25-15-7-4-8-16-25)32(29)26-17-9-5-10-18-26/h4-20,22-23,29,32H,2-3,21,24H2,1H3/t29-,32+/m0/s1. The molecule has 5 rings (SSSR count). The second-order valence-corrected chi connectivity index (χ2v) is 9.07. The van der Waals surface area contributed by atoms with Crippen LogP contribution in [0.15, 0.2) is 120 Å². The smallest absolute Gasteiger partial charge is 0.0633 e. The van der Waals surface area contributed by atoms with Gasteiger partial charge >= 0.3 is 0 Å². The molecule has 0 unspecified atom stereocenters. The van der Waals surface area contributed by atoms with Crippen molar-refractivity contribution in [3.05, 3.63) is 132 Å². The van der Waals surface area contributed by atoms with Crippen LogP contribution in [0.4, 0.5) is 11.4 Å². The number of fused-ring (bicyclic) bond motifs is 1. The maximum atomic E-state index is 5.30. The van der Waals surface area contributed by atoms with Gasteiger partial charge in [-0.25, -0.2) is 0 Å². The first kappa shape index (κ1) is 22.2. The Balaban J connectivity index is 1.71. The highest BCUT2D eigenvalue weighted by molar-refractivity contribution is 6.10. The van der Waals surface area contributed by atoms with Crippen molar-refractivity contribution in [2.75, 3.05) is 4.90 Å². The van der Waals surface area contributed by atoms with Crippen LogP contribution in [0.5, 0.6) is 0 Å². The Bertz CT molecular complexity index is 1220. The summed E-state index contributed by atoms with van der Waals surface area (Å²) in [6.07, 6.45) is 3.47. The molecule has 34 heavy (non-hydrogen) atoms. The number of para-hydroxylation sites is 2. The maximum absolute atomic E-state index is 5.30. The fraction of sp³-hybridized carbons (Fsp3) is 0.219. The summed E-state index contributed by atoms with van der Waals surface area (Å²) in [5, 5.41) is 0. The van der Waals surface area contributed by atoms with Crippen LogP contribution in [-0.4, -0.2) is 5.71 Å². The van der Waals surface area contributed by atoms with Crippen molar-refractivity contribution in [2.45, 2.75) is 38.8 Å². The second kappa shape index (κ2) is 10.5. The Morgan fingerprint density at radius 1 is 0.706 bits per heavy atom. The van der Waals surface area contributed by atoms with E-state index in [-0.39, 0.29) is 6.04 Å². The monoisotopic (exact) mass is 444 g/mol. The Kier molecular flexibility index (Phi) is 6.86. The Labute approximate surface area is 203 Å². The molecule has 0 amide bonds. The van der Waals surface area contributed by atoms with Gasteiger partial charge in [-0.3, -0.25) is 4.99 Å². The minimum atomic E-state index is 0.227. The molecule has 1 aliphatic heterocycles. The molecule has 0 aromatic heterocycles. The van der Waals surface area contributed by atoms with Crippen molar-refractivity contribution in [3.63, 3.8) is 0 Å². The zero-order valence-electron chi connectivity index (χ0n) is 19.8. The highest BCUT2D eigenvalue weighted by Gasteiger charge is 2.39. The van der Waals surface area contributed by atoms with Gasteiger partial charge in [-0.2, -0.15) is 0 Å². The van der Waals surface area contributed by atoms with Gasteiger partial charge in [-0.15, -0.1) is 0 Å². The van der Waals surface area contributed by atoms with E-state index in [1.165, 1.54) is 40.9 Å². The van der Waals surface area contributed by atoms with Crippen LogP contribution < -0.4 is 4.90 Å². The minimum absolute atomic E-state index is 0.227. The molecule has 0 radical (unpaired) electrons. The van der Waals surface area contributed by atoms with E-state index in [0.717, 1.165) is 18.7 Å². The van der Waals surface area contributed by atoms with Crippen LogP contribution in [0.3, 0.4) is 0 Å². The minimum Gasteiger partial charge on any atom is -0.359 e. The third kappa shape index (κ3) is 4.68. The summed E-state index contributed by atoms with van der Waals surface area (Å²) in [6, 6.07) is 41.4. The molecule has 2 heteroatoms. The molecule has 1 aliphatic rings. The molecule has 0 spiro atoms. The predicted octanol–water partition coefficient (Wildman–Crippen LogP) is 8.38. The SMILES string of the molecule is CCCC[C@H]1C(=Nc2ccccc2)c2ccccc2N(Cc2ccccc2)[C@@H]1c1ccccc1.